The van der Waals surface area contributed by atoms with Gasteiger partial charge >= 0.3 is 0 Å². The van der Waals surface area contributed by atoms with Crippen LogP contribution in [0.2, 0.25) is 0 Å². The number of carbonyl (C=O) groups is 1. The van der Waals surface area contributed by atoms with Crippen LogP contribution < -0.4 is 5.32 Å². The lowest BCUT2D eigenvalue weighted by Gasteiger charge is -2.10. The van der Waals surface area contributed by atoms with Crippen LogP contribution >= 0.6 is 11.3 Å². The van der Waals surface area contributed by atoms with Gasteiger partial charge in [-0.25, -0.2) is 9.67 Å². The molecular weight excluding hydrogens is 410 g/mol. The molecular formula is C22H21N7OS. The van der Waals surface area contributed by atoms with Gasteiger partial charge in [-0.15, -0.1) is 21.5 Å². The fourth-order valence-corrected chi connectivity index (χ4v) is 4.38. The Kier molecular flexibility index (Phi) is 4.74. The Hall–Kier alpha value is -3.59. The van der Waals surface area contributed by atoms with E-state index in [0.717, 1.165) is 21.6 Å². The van der Waals surface area contributed by atoms with Gasteiger partial charge in [-0.1, -0.05) is 6.07 Å². The van der Waals surface area contributed by atoms with Crippen LogP contribution in [0.4, 0.5) is 0 Å². The molecule has 5 aromatic heterocycles. The summed E-state index contributed by atoms with van der Waals surface area (Å²) in [6.45, 7) is 6.42. The average Bonchev–Trinajstić information content (AvgIpc) is 3.49. The SMILES string of the molecule is Cc1ccc(-c2cc(C(=O)NCc3nnc4ccccn34)c3cnn(C(C)C)c3n2)s1. The first-order chi connectivity index (χ1) is 15.0. The highest BCUT2D eigenvalue weighted by molar-refractivity contribution is 7.15. The van der Waals surface area contributed by atoms with Gasteiger partial charge in [0.15, 0.2) is 17.1 Å². The molecule has 1 amide bonds. The van der Waals surface area contributed by atoms with Crippen LogP contribution in [0.15, 0.2) is 48.8 Å². The van der Waals surface area contributed by atoms with Crippen molar-refractivity contribution in [3.8, 4) is 10.6 Å². The lowest BCUT2D eigenvalue weighted by molar-refractivity contribution is 0.0951. The fraction of sp³-hybridized carbons (Fsp3) is 0.227. The number of carbonyl (C=O) groups excluding carboxylic acids is 1. The minimum absolute atomic E-state index is 0.128. The third-order valence-corrected chi connectivity index (χ3v) is 6.11. The van der Waals surface area contributed by atoms with E-state index < -0.39 is 0 Å². The van der Waals surface area contributed by atoms with Gasteiger partial charge in [-0.05, 0) is 51.1 Å². The van der Waals surface area contributed by atoms with Gasteiger partial charge < -0.3 is 5.32 Å². The molecule has 0 bridgehead atoms. The maximum absolute atomic E-state index is 13.2. The van der Waals surface area contributed by atoms with Crippen LogP contribution in [-0.4, -0.2) is 35.3 Å². The van der Waals surface area contributed by atoms with E-state index in [1.165, 1.54) is 4.88 Å². The van der Waals surface area contributed by atoms with Crippen LogP contribution in [0.3, 0.4) is 0 Å². The molecule has 0 spiro atoms. The average molecular weight is 432 g/mol. The second-order valence-electron chi connectivity index (χ2n) is 7.61. The molecule has 0 aliphatic carbocycles. The van der Waals surface area contributed by atoms with E-state index in [2.05, 4.69) is 33.6 Å². The molecule has 0 aromatic carbocycles. The van der Waals surface area contributed by atoms with Crippen molar-refractivity contribution in [2.75, 3.05) is 0 Å². The van der Waals surface area contributed by atoms with Gasteiger partial charge in [0, 0.05) is 17.1 Å². The molecule has 0 atom stereocenters. The van der Waals surface area contributed by atoms with E-state index in [-0.39, 0.29) is 18.5 Å². The summed E-state index contributed by atoms with van der Waals surface area (Å²) in [5.74, 6) is 0.471. The van der Waals surface area contributed by atoms with Crippen LogP contribution in [0.1, 0.15) is 40.9 Å². The number of hydrogen-bond acceptors (Lipinski definition) is 6. The molecule has 5 heterocycles. The predicted molar refractivity (Wildman–Crippen MR) is 120 cm³/mol. The Labute approximate surface area is 182 Å². The molecule has 0 fully saturated rings. The molecule has 0 unspecified atom stereocenters. The second-order valence-corrected chi connectivity index (χ2v) is 8.90. The number of fused-ring (bicyclic) bond motifs is 2. The molecule has 156 valence electrons. The topological polar surface area (TPSA) is 90.0 Å². The van der Waals surface area contributed by atoms with Crippen LogP contribution in [0.5, 0.6) is 0 Å². The van der Waals surface area contributed by atoms with Gasteiger partial charge in [0.05, 0.1) is 34.3 Å². The number of amides is 1. The summed E-state index contributed by atoms with van der Waals surface area (Å²) in [4.78, 5) is 20.3. The maximum Gasteiger partial charge on any atom is 0.252 e. The van der Waals surface area contributed by atoms with E-state index >= 15 is 0 Å². The molecule has 31 heavy (non-hydrogen) atoms. The second kappa shape index (κ2) is 7.59. The molecule has 0 radical (unpaired) electrons. The summed E-state index contributed by atoms with van der Waals surface area (Å²) >= 11 is 1.65. The lowest BCUT2D eigenvalue weighted by atomic mass is 10.1. The van der Waals surface area contributed by atoms with E-state index in [4.69, 9.17) is 4.98 Å². The standard InChI is InChI=1S/C22H21N7OS/c1-13(2)29-21-16(11-24-29)15(10-17(25-21)18-8-7-14(3)31-18)22(30)23-12-20-27-26-19-6-4-5-9-28(19)20/h4-11,13H,12H2,1-3H3,(H,23,30). The minimum Gasteiger partial charge on any atom is -0.345 e. The van der Waals surface area contributed by atoms with Crippen molar-refractivity contribution in [2.45, 2.75) is 33.4 Å². The highest BCUT2D eigenvalue weighted by atomic mass is 32.1. The van der Waals surface area contributed by atoms with E-state index in [0.29, 0.717) is 17.0 Å². The summed E-state index contributed by atoms with van der Waals surface area (Å²) < 4.78 is 3.71. The number of nitrogens with one attached hydrogen (secondary N) is 1. The Bertz CT molecular complexity index is 1410. The predicted octanol–water partition coefficient (Wildman–Crippen LogP) is 4.02. The Balaban J connectivity index is 1.53. The third-order valence-electron chi connectivity index (χ3n) is 5.08. The third kappa shape index (κ3) is 3.46. The van der Waals surface area contributed by atoms with Crippen LogP contribution in [0.25, 0.3) is 27.3 Å². The molecule has 0 saturated heterocycles. The van der Waals surface area contributed by atoms with E-state index in [9.17, 15) is 4.79 Å². The lowest BCUT2D eigenvalue weighted by Crippen LogP contribution is -2.24. The first-order valence-electron chi connectivity index (χ1n) is 10.0. The Morgan fingerprint density at radius 2 is 2.06 bits per heavy atom. The first kappa shape index (κ1) is 19.4. The van der Waals surface area contributed by atoms with Gasteiger partial charge in [-0.2, -0.15) is 5.10 Å². The van der Waals surface area contributed by atoms with E-state index in [1.54, 1.807) is 17.5 Å². The summed E-state index contributed by atoms with van der Waals surface area (Å²) in [5.41, 5.74) is 2.76. The fourth-order valence-electron chi connectivity index (χ4n) is 3.55. The summed E-state index contributed by atoms with van der Waals surface area (Å²) in [5, 5.41) is 16.5. The van der Waals surface area contributed by atoms with Gasteiger partial charge in [0.25, 0.3) is 5.91 Å². The first-order valence-corrected chi connectivity index (χ1v) is 10.8. The zero-order chi connectivity index (χ0) is 21.5. The molecule has 9 heteroatoms. The van der Waals surface area contributed by atoms with Crippen molar-refractivity contribution < 1.29 is 4.79 Å². The van der Waals surface area contributed by atoms with Gasteiger partial charge in [-0.3, -0.25) is 9.20 Å². The van der Waals surface area contributed by atoms with Crippen molar-refractivity contribution in [2.24, 2.45) is 0 Å². The molecule has 1 N–H and O–H groups in total. The molecule has 0 aliphatic rings. The molecule has 5 rings (SSSR count). The summed E-state index contributed by atoms with van der Waals surface area (Å²) in [7, 11) is 0. The van der Waals surface area contributed by atoms with Crippen molar-refractivity contribution in [1.29, 1.82) is 0 Å². The zero-order valence-corrected chi connectivity index (χ0v) is 18.2. The highest BCUT2D eigenvalue weighted by Gasteiger charge is 2.19. The zero-order valence-electron chi connectivity index (χ0n) is 17.4. The van der Waals surface area contributed by atoms with Crippen molar-refractivity contribution in [3.05, 3.63) is 65.1 Å². The Morgan fingerprint density at radius 1 is 1.19 bits per heavy atom. The number of thiophene rings is 1. The normalized spacial score (nSPS) is 11.6. The van der Waals surface area contributed by atoms with Crippen LogP contribution in [0, 0.1) is 6.92 Å². The molecule has 8 nitrogen and oxygen atoms in total. The van der Waals surface area contributed by atoms with Gasteiger partial charge in [0.2, 0.25) is 0 Å². The van der Waals surface area contributed by atoms with Crippen molar-refractivity contribution in [3.63, 3.8) is 0 Å². The monoisotopic (exact) mass is 431 g/mol. The number of hydrogen-bond donors (Lipinski definition) is 1. The number of nitrogens with zero attached hydrogens (tertiary/aromatic N) is 6. The van der Waals surface area contributed by atoms with Gasteiger partial charge in [0.1, 0.15) is 0 Å². The number of aromatic nitrogens is 6. The quantitative estimate of drug-likeness (QED) is 0.454. The molecule has 0 saturated carbocycles. The van der Waals surface area contributed by atoms with E-state index in [1.807, 2.05) is 59.5 Å². The Morgan fingerprint density at radius 3 is 2.84 bits per heavy atom. The largest absolute Gasteiger partial charge is 0.345 e. The summed E-state index contributed by atoms with van der Waals surface area (Å²) in [6, 6.07) is 11.8. The molecule has 5 aromatic rings. The minimum atomic E-state index is -0.196. The van der Waals surface area contributed by atoms with Crippen LogP contribution in [-0.2, 0) is 6.54 Å². The molecule has 0 aliphatic heterocycles. The smallest absolute Gasteiger partial charge is 0.252 e. The number of pyridine rings is 2. The highest BCUT2D eigenvalue weighted by Crippen LogP contribution is 2.30. The van der Waals surface area contributed by atoms with Crippen molar-refractivity contribution in [1.82, 2.24) is 34.7 Å². The van der Waals surface area contributed by atoms with Crippen molar-refractivity contribution >= 4 is 33.9 Å². The summed E-state index contributed by atoms with van der Waals surface area (Å²) in [6.07, 6.45) is 3.60. The maximum atomic E-state index is 13.2. The number of aryl methyl sites for hydroxylation is 1. The number of rotatable bonds is 5.